The van der Waals surface area contributed by atoms with Crippen LogP contribution < -0.4 is 0 Å². The van der Waals surface area contributed by atoms with Gasteiger partial charge < -0.3 is 10.0 Å². The molecule has 2 aliphatic heterocycles. The molecule has 4 rings (SSSR count). The lowest BCUT2D eigenvalue weighted by molar-refractivity contribution is -0.194. The number of hydrogen-bond acceptors (Lipinski definition) is 4. The van der Waals surface area contributed by atoms with E-state index in [1.807, 2.05) is 12.3 Å². The Kier molecular flexibility index (Phi) is 2.23. The van der Waals surface area contributed by atoms with Gasteiger partial charge in [-0.2, -0.15) is 0 Å². The van der Waals surface area contributed by atoms with E-state index in [4.69, 9.17) is 0 Å². The lowest BCUT2D eigenvalue weighted by Gasteiger charge is -2.65. The molecule has 1 spiro atoms. The standard InChI is InChI=1S/C16H19NO3/c1-10-8-12-14(19)13(18)11-4-2-6-17-7-3-5-16(12,20)15(11,17)9-10/h2,4,6,10,12,20H,3,5,7-9H2,1H3/t10-,12+,15+,16-/m1/s1. The third-order valence-corrected chi connectivity index (χ3v) is 5.78. The maximum Gasteiger partial charge on any atom is 0.227 e. The predicted octanol–water partition coefficient (Wildman–Crippen LogP) is 1.20. The minimum atomic E-state index is -1.07. The zero-order chi connectivity index (χ0) is 14.1. The average Bonchev–Trinajstić information content (AvgIpc) is 2.42. The van der Waals surface area contributed by atoms with E-state index >= 15 is 0 Å². The minimum absolute atomic E-state index is 0.341. The largest absolute Gasteiger partial charge is 0.386 e. The number of piperidine rings is 1. The van der Waals surface area contributed by atoms with Crippen LogP contribution in [0.2, 0.25) is 0 Å². The van der Waals surface area contributed by atoms with Crippen molar-refractivity contribution in [2.24, 2.45) is 11.8 Å². The quantitative estimate of drug-likeness (QED) is 0.674. The van der Waals surface area contributed by atoms with Gasteiger partial charge in [0, 0.05) is 18.3 Å². The fourth-order valence-corrected chi connectivity index (χ4v) is 5.07. The molecule has 2 saturated carbocycles. The number of allylic oxidation sites excluding steroid dienone is 2. The van der Waals surface area contributed by atoms with Crippen LogP contribution >= 0.6 is 0 Å². The van der Waals surface area contributed by atoms with Gasteiger partial charge in [-0.25, -0.2) is 0 Å². The topological polar surface area (TPSA) is 57.6 Å². The Morgan fingerprint density at radius 3 is 3.00 bits per heavy atom. The first-order chi connectivity index (χ1) is 9.50. The molecule has 0 aromatic rings. The first kappa shape index (κ1) is 12.3. The van der Waals surface area contributed by atoms with Gasteiger partial charge in [-0.1, -0.05) is 13.0 Å². The van der Waals surface area contributed by atoms with Crippen LogP contribution in [0.1, 0.15) is 32.6 Å². The molecule has 4 nitrogen and oxygen atoms in total. The highest BCUT2D eigenvalue weighted by atomic mass is 16.3. The van der Waals surface area contributed by atoms with Gasteiger partial charge in [-0.05, 0) is 37.7 Å². The molecule has 106 valence electrons. The zero-order valence-electron chi connectivity index (χ0n) is 11.6. The van der Waals surface area contributed by atoms with E-state index in [0.29, 0.717) is 24.3 Å². The van der Waals surface area contributed by atoms with Crippen LogP contribution in [-0.4, -0.2) is 39.3 Å². The second-order valence-electron chi connectivity index (χ2n) is 6.79. The van der Waals surface area contributed by atoms with Crippen molar-refractivity contribution in [1.82, 2.24) is 4.90 Å². The number of nitrogens with zero attached hydrogens (tertiary/aromatic N) is 1. The molecule has 1 N–H and O–H groups in total. The molecule has 4 aliphatic rings. The summed E-state index contributed by atoms with van der Waals surface area (Å²) >= 11 is 0. The molecule has 0 aromatic heterocycles. The highest BCUT2D eigenvalue weighted by Gasteiger charge is 2.70. The number of rotatable bonds is 0. The van der Waals surface area contributed by atoms with Gasteiger partial charge in [0.2, 0.25) is 11.6 Å². The van der Waals surface area contributed by atoms with E-state index in [1.54, 1.807) is 6.08 Å². The summed E-state index contributed by atoms with van der Waals surface area (Å²) in [6.45, 7) is 2.96. The van der Waals surface area contributed by atoms with Gasteiger partial charge >= 0.3 is 0 Å². The first-order valence-corrected chi connectivity index (χ1v) is 7.47. The molecule has 0 unspecified atom stereocenters. The molecule has 2 bridgehead atoms. The Bertz CT molecular complexity index is 578. The SMILES string of the molecule is C[C@@H]1C[C@H]2C(=O)C(=O)C3=CC=CN4CCC[C@]2(O)[C@]34C1. The van der Waals surface area contributed by atoms with Crippen LogP contribution in [0.4, 0.5) is 0 Å². The zero-order valence-corrected chi connectivity index (χ0v) is 11.6. The third-order valence-electron chi connectivity index (χ3n) is 5.78. The number of ketones is 2. The highest BCUT2D eigenvalue weighted by Crippen LogP contribution is 2.59. The van der Waals surface area contributed by atoms with Gasteiger partial charge in [0.25, 0.3) is 0 Å². The minimum Gasteiger partial charge on any atom is -0.386 e. The van der Waals surface area contributed by atoms with E-state index < -0.39 is 17.1 Å². The molecular weight excluding hydrogens is 254 g/mol. The van der Waals surface area contributed by atoms with Crippen LogP contribution in [-0.2, 0) is 9.59 Å². The first-order valence-electron chi connectivity index (χ1n) is 7.47. The summed E-state index contributed by atoms with van der Waals surface area (Å²) in [6, 6.07) is 0. The second kappa shape index (κ2) is 3.61. The van der Waals surface area contributed by atoms with Crippen LogP contribution in [0.25, 0.3) is 0 Å². The molecule has 4 heteroatoms. The number of aliphatic hydroxyl groups is 1. The lowest BCUT2D eigenvalue weighted by Crippen LogP contribution is -2.77. The fourth-order valence-electron chi connectivity index (χ4n) is 5.07. The van der Waals surface area contributed by atoms with E-state index in [2.05, 4.69) is 11.8 Å². The van der Waals surface area contributed by atoms with Crippen LogP contribution in [0.5, 0.6) is 0 Å². The molecule has 2 aliphatic carbocycles. The average molecular weight is 273 g/mol. The van der Waals surface area contributed by atoms with Gasteiger partial charge in [0.15, 0.2) is 0 Å². The number of carbonyl (C=O) groups excluding carboxylic acids is 2. The maximum absolute atomic E-state index is 12.5. The van der Waals surface area contributed by atoms with E-state index in [9.17, 15) is 14.7 Å². The number of carbonyl (C=O) groups is 2. The molecule has 0 amide bonds. The van der Waals surface area contributed by atoms with Crippen molar-refractivity contribution >= 4 is 11.6 Å². The van der Waals surface area contributed by atoms with Gasteiger partial charge in [0.05, 0.1) is 11.5 Å². The molecule has 0 radical (unpaired) electrons. The molecule has 1 saturated heterocycles. The third kappa shape index (κ3) is 1.13. The Labute approximate surface area is 118 Å². The van der Waals surface area contributed by atoms with E-state index in [-0.39, 0.29) is 11.6 Å². The van der Waals surface area contributed by atoms with Gasteiger partial charge in [-0.15, -0.1) is 0 Å². The molecular formula is C16H19NO3. The van der Waals surface area contributed by atoms with Crippen molar-refractivity contribution in [2.45, 2.75) is 43.7 Å². The van der Waals surface area contributed by atoms with Crippen LogP contribution in [0.15, 0.2) is 23.9 Å². The normalized spacial score (nSPS) is 46.1. The summed E-state index contributed by atoms with van der Waals surface area (Å²) < 4.78 is 0. The molecule has 4 atom stereocenters. The highest BCUT2D eigenvalue weighted by molar-refractivity contribution is 6.46. The molecule has 0 aromatic carbocycles. The van der Waals surface area contributed by atoms with Gasteiger partial charge in [0.1, 0.15) is 5.60 Å². The molecule has 20 heavy (non-hydrogen) atoms. The van der Waals surface area contributed by atoms with Crippen LogP contribution in [0.3, 0.4) is 0 Å². The lowest BCUT2D eigenvalue weighted by atomic mass is 9.48. The predicted molar refractivity (Wildman–Crippen MR) is 72.7 cm³/mol. The van der Waals surface area contributed by atoms with Crippen LogP contribution in [0, 0.1) is 11.8 Å². The smallest absolute Gasteiger partial charge is 0.227 e. The summed E-state index contributed by atoms with van der Waals surface area (Å²) in [7, 11) is 0. The number of Topliss-reactive ketones (excluding diaryl/α,β-unsaturated/α-hetero) is 2. The summed E-state index contributed by atoms with van der Waals surface area (Å²) in [5.74, 6) is -0.932. The van der Waals surface area contributed by atoms with Crippen molar-refractivity contribution in [3.8, 4) is 0 Å². The van der Waals surface area contributed by atoms with Crippen molar-refractivity contribution in [3.05, 3.63) is 23.9 Å². The Hall–Kier alpha value is -1.42. The Morgan fingerprint density at radius 1 is 1.40 bits per heavy atom. The van der Waals surface area contributed by atoms with Crippen molar-refractivity contribution in [2.75, 3.05) is 6.54 Å². The summed E-state index contributed by atoms with van der Waals surface area (Å²) in [6.07, 6.45) is 8.43. The summed E-state index contributed by atoms with van der Waals surface area (Å²) in [4.78, 5) is 27.0. The maximum atomic E-state index is 12.5. The van der Waals surface area contributed by atoms with Gasteiger partial charge in [-0.3, -0.25) is 9.59 Å². The van der Waals surface area contributed by atoms with Crippen molar-refractivity contribution in [3.63, 3.8) is 0 Å². The summed E-state index contributed by atoms with van der Waals surface area (Å²) in [5, 5.41) is 11.4. The molecule has 3 fully saturated rings. The summed E-state index contributed by atoms with van der Waals surface area (Å²) in [5.41, 5.74) is -1.21. The van der Waals surface area contributed by atoms with E-state index in [0.717, 1.165) is 19.4 Å². The Morgan fingerprint density at radius 2 is 2.20 bits per heavy atom. The Balaban J connectivity index is 2.01. The number of hydrogen-bond donors (Lipinski definition) is 1. The van der Waals surface area contributed by atoms with Crippen molar-refractivity contribution in [1.29, 1.82) is 0 Å². The fraction of sp³-hybridized carbons (Fsp3) is 0.625. The molecule has 2 heterocycles. The monoisotopic (exact) mass is 273 g/mol. The van der Waals surface area contributed by atoms with Crippen molar-refractivity contribution < 1.29 is 14.7 Å². The van der Waals surface area contributed by atoms with E-state index in [1.165, 1.54) is 0 Å². The second-order valence-corrected chi connectivity index (χ2v) is 6.79.